The zero-order chi connectivity index (χ0) is 55.7. The highest BCUT2D eigenvalue weighted by molar-refractivity contribution is 5.71. The van der Waals surface area contributed by atoms with Gasteiger partial charge in [-0.15, -0.1) is 0 Å². The zero-order valence-corrected chi connectivity index (χ0v) is 52.5. The number of rotatable bonds is 66. The van der Waals surface area contributed by atoms with Crippen LogP contribution in [0.5, 0.6) is 0 Å². The van der Waals surface area contributed by atoms with Crippen LogP contribution in [-0.4, -0.2) is 37.2 Å². The number of unbranched alkanes of at least 4 members (excludes halogenated alkanes) is 53. The number of hydrogen-bond acceptors (Lipinski definition) is 6. The molecule has 0 saturated heterocycles. The van der Waals surface area contributed by atoms with E-state index < -0.39 is 6.10 Å². The monoisotopic (exact) mass is 1090 g/mol. The molecule has 0 aliphatic heterocycles. The molecule has 0 aliphatic rings. The highest BCUT2D eigenvalue weighted by Crippen LogP contribution is 2.19. The molecule has 6 heteroatoms. The Labute approximate surface area is 481 Å². The zero-order valence-electron chi connectivity index (χ0n) is 52.5. The van der Waals surface area contributed by atoms with Gasteiger partial charge in [0.15, 0.2) is 6.10 Å². The van der Waals surface area contributed by atoms with E-state index in [1.807, 2.05) is 0 Å². The van der Waals surface area contributed by atoms with Gasteiger partial charge in [-0.3, -0.25) is 14.4 Å². The summed E-state index contributed by atoms with van der Waals surface area (Å²) in [7, 11) is 0. The van der Waals surface area contributed by atoms with Crippen LogP contribution in [0.25, 0.3) is 0 Å². The molecule has 0 rings (SSSR count). The van der Waals surface area contributed by atoms with E-state index in [2.05, 4.69) is 32.9 Å². The average Bonchev–Trinajstić information content (AvgIpc) is 3.43. The molecule has 0 bridgehead atoms. The van der Waals surface area contributed by atoms with Gasteiger partial charge in [-0.1, -0.05) is 354 Å². The molecule has 0 heterocycles. The van der Waals surface area contributed by atoms with E-state index in [1.54, 1.807) is 0 Å². The van der Waals surface area contributed by atoms with Crippen LogP contribution in [0.15, 0.2) is 12.2 Å². The Morgan fingerprint density at radius 2 is 0.429 bits per heavy atom. The van der Waals surface area contributed by atoms with Crippen LogP contribution in [0, 0.1) is 0 Å². The second-order valence-corrected chi connectivity index (χ2v) is 24.2. The van der Waals surface area contributed by atoms with Gasteiger partial charge in [-0.25, -0.2) is 0 Å². The second-order valence-electron chi connectivity index (χ2n) is 24.2. The molecular formula is C71H136O6. The van der Waals surface area contributed by atoms with E-state index >= 15 is 0 Å². The topological polar surface area (TPSA) is 78.9 Å². The Morgan fingerprint density at radius 1 is 0.247 bits per heavy atom. The van der Waals surface area contributed by atoms with Crippen LogP contribution >= 0.6 is 0 Å². The summed E-state index contributed by atoms with van der Waals surface area (Å²) in [6.45, 7) is 6.72. The molecule has 0 fully saturated rings. The van der Waals surface area contributed by atoms with Crippen molar-refractivity contribution in [2.45, 2.75) is 412 Å². The van der Waals surface area contributed by atoms with Gasteiger partial charge < -0.3 is 14.2 Å². The first-order valence-electron chi connectivity index (χ1n) is 35.2. The van der Waals surface area contributed by atoms with E-state index in [9.17, 15) is 14.4 Å². The summed E-state index contributed by atoms with van der Waals surface area (Å²) in [6, 6.07) is 0. The van der Waals surface area contributed by atoms with Gasteiger partial charge in [0.1, 0.15) is 13.2 Å². The molecular weight excluding hydrogens is 949 g/mol. The molecule has 0 spiro atoms. The fraction of sp³-hybridized carbons (Fsp3) is 0.930. The fourth-order valence-electron chi connectivity index (χ4n) is 11.0. The Kier molecular flexibility index (Phi) is 65.1. The number of allylic oxidation sites excluding steroid dienone is 2. The SMILES string of the molecule is CCCCCCCCC/C=C\CCCCCCCCCC(=O)OC(COC(=O)CCCCCCCCCCCCCCC)COC(=O)CCCCCCCCCCCCCCCCCCCCCCCCCCCCCC. The van der Waals surface area contributed by atoms with E-state index in [0.29, 0.717) is 19.3 Å². The third-order valence-corrected chi connectivity index (χ3v) is 16.3. The number of carbonyl (C=O) groups excluding carboxylic acids is 3. The second kappa shape index (κ2) is 66.7. The van der Waals surface area contributed by atoms with Crippen LogP contribution in [0.4, 0.5) is 0 Å². The van der Waals surface area contributed by atoms with Gasteiger partial charge in [0.05, 0.1) is 0 Å². The summed E-state index contributed by atoms with van der Waals surface area (Å²) in [6.07, 6.45) is 79.6. The largest absolute Gasteiger partial charge is 0.462 e. The van der Waals surface area contributed by atoms with Crippen molar-refractivity contribution < 1.29 is 28.6 Å². The van der Waals surface area contributed by atoms with E-state index in [0.717, 1.165) is 57.8 Å². The molecule has 0 saturated carbocycles. The van der Waals surface area contributed by atoms with Gasteiger partial charge >= 0.3 is 17.9 Å². The maximum absolute atomic E-state index is 12.9. The molecule has 456 valence electrons. The van der Waals surface area contributed by atoms with Crippen molar-refractivity contribution >= 4 is 17.9 Å². The minimum absolute atomic E-state index is 0.0650. The number of hydrogen-bond donors (Lipinski definition) is 0. The van der Waals surface area contributed by atoms with Gasteiger partial charge in [0, 0.05) is 19.3 Å². The lowest BCUT2D eigenvalue weighted by Crippen LogP contribution is -2.30. The summed E-state index contributed by atoms with van der Waals surface area (Å²) in [5, 5.41) is 0. The highest BCUT2D eigenvalue weighted by Gasteiger charge is 2.19. The van der Waals surface area contributed by atoms with E-state index in [-0.39, 0.29) is 31.1 Å². The maximum Gasteiger partial charge on any atom is 0.306 e. The third kappa shape index (κ3) is 64.9. The Bertz CT molecular complexity index is 1200. The van der Waals surface area contributed by atoms with Crippen LogP contribution in [-0.2, 0) is 28.6 Å². The van der Waals surface area contributed by atoms with E-state index in [1.165, 1.54) is 308 Å². The lowest BCUT2D eigenvalue weighted by Gasteiger charge is -2.18. The molecule has 77 heavy (non-hydrogen) atoms. The van der Waals surface area contributed by atoms with Crippen molar-refractivity contribution in [3.05, 3.63) is 12.2 Å². The predicted molar refractivity (Wildman–Crippen MR) is 335 cm³/mol. The molecule has 0 aromatic heterocycles. The summed E-state index contributed by atoms with van der Waals surface area (Å²) in [5.41, 5.74) is 0. The van der Waals surface area contributed by atoms with Gasteiger partial charge in [-0.2, -0.15) is 0 Å². The van der Waals surface area contributed by atoms with Crippen molar-refractivity contribution in [3.63, 3.8) is 0 Å². The van der Waals surface area contributed by atoms with Crippen molar-refractivity contribution in [1.82, 2.24) is 0 Å². The van der Waals surface area contributed by atoms with Crippen LogP contribution in [0.1, 0.15) is 406 Å². The minimum atomic E-state index is -0.768. The Balaban J connectivity index is 4.16. The number of ether oxygens (including phenoxy) is 3. The first kappa shape index (κ1) is 75.2. The van der Waals surface area contributed by atoms with Crippen molar-refractivity contribution in [2.75, 3.05) is 13.2 Å². The Hall–Kier alpha value is -1.85. The molecule has 1 unspecified atom stereocenters. The summed E-state index contributed by atoms with van der Waals surface area (Å²) in [4.78, 5) is 38.4. The molecule has 1 atom stereocenters. The van der Waals surface area contributed by atoms with Gasteiger partial charge in [0.2, 0.25) is 0 Å². The molecule has 0 amide bonds. The lowest BCUT2D eigenvalue weighted by molar-refractivity contribution is -0.167. The van der Waals surface area contributed by atoms with Crippen molar-refractivity contribution in [1.29, 1.82) is 0 Å². The first-order chi connectivity index (χ1) is 38.0. The standard InChI is InChI=1S/C71H136O6/c1-4-7-10-13-16-19-22-25-27-29-31-32-33-34-35-36-37-38-39-40-42-43-46-49-52-55-58-61-64-70(73)76-67-68(66-75-69(72)63-60-57-54-51-48-45-24-21-18-15-12-9-6-3)77-71(74)65-62-59-56-53-50-47-44-41-30-28-26-23-20-17-14-11-8-5-2/h28,30,68H,4-27,29,31-67H2,1-3H3/b30-28-. The summed E-state index contributed by atoms with van der Waals surface area (Å²) < 4.78 is 17.0. The quantitative estimate of drug-likeness (QED) is 0.0261. The third-order valence-electron chi connectivity index (χ3n) is 16.3. The molecule has 6 nitrogen and oxygen atoms in total. The normalized spacial score (nSPS) is 12.0. The molecule has 0 aromatic carbocycles. The van der Waals surface area contributed by atoms with Crippen LogP contribution < -0.4 is 0 Å². The minimum Gasteiger partial charge on any atom is -0.462 e. The summed E-state index contributed by atoms with van der Waals surface area (Å²) >= 11 is 0. The van der Waals surface area contributed by atoms with Crippen LogP contribution in [0.3, 0.4) is 0 Å². The first-order valence-corrected chi connectivity index (χ1v) is 35.2. The van der Waals surface area contributed by atoms with Gasteiger partial charge in [0.25, 0.3) is 0 Å². The summed E-state index contributed by atoms with van der Waals surface area (Å²) in [5.74, 6) is -0.836. The maximum atomic E-state index is 12.9. The highest BCUT2D eigenvalue weighted by atomic mass is 16.6. The van der Waals surface area contributed by atoms with Crippen molar-refractivity contribution in [3.8, 4) is 0 Å². The van der Waals surface area contributed by atoms with Crippen molar-refractivity contribution in [2.24, 2.45) is 0 Å². The molecule has 0 radical (unpaired) electrons. The molecule has 0 aromatic rings. The van der Waals surface area contributed by atoms with Gasteiger partial charge in [-0.05, 0) is 44.9 Å². The average molecular weight is 1090 g/mol. The number of carbonyl (C=O) groups is 3. The lowest BCUT2D eigenvalue weighted by atomic mass is 10.0. The smallest absolute Gasteiger partial charge is 0.306 e. The van der Waals surface area contributed by atoms with E-state index in [4.69, 9.17) is 14.2 Å². The Morgan fingerprint density at radius 3 is 0.649 bits per heavy atom. The molecule has 0 aliphatic carbocycles. The number of esters is 3. The molecule has 0 N–H and O–H groups in total. The fourth-order valence-corrected chi connectivity index (χ4v) is 11.0. The predicted octanol–water partition coefficient (Wildman–Crippen LogP) is 24.0. The van der Waals surface area contributed by atoms with Crippen LogP contribution in [0.2, 0.25) is 0 Å².